The first-order valence-electron chi connectivity index (χ1n) is 21.3. The monoisotopic (exact) mass is 740 g/mol. The van der Waals surface area contributed by atoms with Gasteiger partial charge in [0.25, 0.3) is 5.56 Å². The first kappa shape index (κ1) is 38.6. The quantitative estimate of drug-likeness (QED) is 0.119. The highest BCUT2D eigenvalue weighted by Crippen LogP contribution is 2.61. The number of amides is 1. The summed E-state index contributed by atoms with van der Waals surface area (Å²) >= 11 is 0. The predicted octanol–water partition coefficient (Wildman–Crippen LogP) is 8.13. The van der Waals surface area contributed by atoms with Crippen molar-refractivity contribution in [3.8, 4) is 5.75 Å². The third kappa shape index (κ3) is 9.58. The Hall–Kier alpha value is -3.66. The number of hydrogen-bond donors (Lipinski definition) is 2. The van der Waals surface area contributed by atoms with Gasteiger partial charge >= 0.3 is 0 Å². The minimum Gasteiger partial charge on any atom is -0.494 e. The lowest BCUT2D eigenvalue weighted by Gasteiger charge is -2.56. The Balaban J connectivity index is 0.710. The molecular weight excluding hydrogens is 675 g/mol. The number of hydrogen-bond acceptors (Lipinski definition) is 8. The number of pyridine rings is 1. The second-order valence-corrected chi connectivity index (χ2v) is 17.5. The number of ether oxygens (including phenoxy) is 1. The molecule has 0 unspecified atom stereocenters. The standard InChI is InChI=1S/C44H65N7O3/c1-32-22-41(53)49(2)42-37(32)31-46-43(48-42)47-38-15-14-36(26-39(38)54-3)51-20-18-50(19-21-51)17-13-11-9-7-5-4-6-8-10-12-16-45-40(52)30-44-27-33-23-34(28-44)25-35(24-33)29-44/h14-15,22,26,31,33-35H,4-13,16-21,23-25,27-30H2,1-3H3,(H,45,52)(H,46,47,48). The molecular formula is C44H65N7O3. The van der Waals surface area contributed by atoms with Gasteiger partial charge in [0.15, 0.2) is 0 Å². The van der Waals surface area contributed by atoms with Crippen LogP contribution in [0.25, 0.3) is 11.0 Å². The van der Waals surface area contributed by atoms with Crippen LogP contribution >= 0.6 is 0 Å². The van der Waals surface area contributed by atoms with Crippen molar-refractivity contribution in [2.45, 2.75) is 116 Å². The van der Waals surface area contributed by atoms with Gasteiger partial charge in [0.05, 0.1) is 12.8 Å². The molecule has 3 heterocycles. The van der Waals surface area contributed by atoms with Crippen molar-refractivity contribution in [1.82, 2.24) is 24.8 Å². The molecule has 3 aromatic rings. The Morgan fingerprint density at radius 1 is 0.870 bits per heavy atom. The molecule has 1 aliphatic heterocycles. The van der Waals surface area contributed by atoms with Gasteiger partial charge in [-0.05, 0) is 106 Å². The van der Waals surface area contributed by atoms with E-state index in [2.05, 4.69) is 42.5 Å². The molecule has 4 aliphatic carbocycles. The van der Waals surface area contributed by atoms with Crippen LogP contribution < -0.4 is 25.8 Å². The fraction of sp³-hybridized carbons (Fsp3) is 0.682. The van der Waals surface area contributed by atoms with Gasteiger partial charge in [-0.25, -0.2) is 4.98 Å². The molecule has 54 heavy (non-hydrogen) atoms. The minimum absolute atomic E-state index is 0.0873. The second kappa shape index (κ2) is 17.9. The molecule has 10 nitrogen and oxygen atoms in total. The van der Waals surface area contributed by atoms with Gasteiger partial charge in [0, 0.05) is 75.6 Å². The number of nitrogens with one attached hydrogen (secondary N) is 2. The van der Waals surface area contributed by atoms with Crippen LogP contribution in [-0.2, 0) is 11.8 Å². The van der Waals surface area contributed by atoms with Gasteiger partial charge in [-0.1, -0.05) is 51.4 Å². The van der Waals surface area contributed by atoms with Crippen LogP contribution in [-0.4, -0.2) is 71.7 Å². The van der Waals surface area contributed by atoms with Crippen molar-refractivity contribution < 1.29 is 9.53 Å². The average molecular weight is 740 g/mol. The molecule has 2 N–H and O–H groups in total. The number of carbonyl (C=O) groups is 1. The SMILES string of the molecule is COc1cc(N2CCN(CCCCCCCCCCCCNC(=O)CC34CC5CC(CC(C5)C3)C4)CC2)ccc1Nc1ncc2c(C)cc(=O)n(C)c2n1. The van der Waals surface area contributed by atoms with Crippen LogP contribution in [0.2, 0.25) is 0 Å². The summed E-state index contributed by atoms with van der Waals surface area (Å²) in [7, 11) is 3.41. The van der Waals surface area contributed by atoms with Crippen LogP contribution in [0.5, 0.6) is 5.75 Å². The van der Waals surface area contributed by atoms with Crippen molar-refractivity contribution in [1.29, 1.82) is 0 Å². The number of carbonyl (C=O) groups excluding carboxylic acids is 1. The van der Waals surface area contributed by atoms with Crippen molar-refractivity contribution in [2.75, 3.05) is 56.6 Å². The molecule has 1 aromatic carbocycles. The number of unbranched alkanes of at least 4 members (excludes halogenated alkanes) is 9. The third-order valence-electron chi connectivity index (χ3n) is 13.3. The zero-order chi connectivity index (χ0) is 37.5. The summed E-state index contributed by atoms with van der Waals surface area (Å²) in [6.07, 6.45) is 23.9. The number of benzene rings is 1. The van der Waals surface area contributed by atoms with Crippen LogP contribution in [0.15, 0.2) is 35.3 Å². The fourth-order valence-electron chi connectivity index (χ4n) is 10.8. The van der Waals surface area contributed by atoms with E-state index in [-0.39, 0.29) is 5.56 Å². The van der Waals surface area contributed by atoms with Crippen molar-refractivity contribution in [3.63, 3.8) is 0 Å². The number of aryl methyl sites for hydroxylation is 2. The predicted molar refractivity (Wildman–Crippen MR) is 219 cm³/mol. The minimum atomic E-state index is -0.0873. The molecule has 4 saturated carbocycles. The Kier molecular flexibility index (Phi) is 12.8. The first-order valence-corrected chi connectivity index (χ1v) is 21.3. The van der Waals surface area contributed by atoms with E-state index < -0.39 is 0 Å². The summed E-state index contributed by atoms with van der Waals surface area (Å²) in [4.78, 5) is 39.2. The lowest BCUT2D eigenvalue weighted by atomic mass is 9.49. The Morgan fingerprint density at radius 3 is 2.15 bits per heavy atom. The molecule has 0 atom stereocenters. The maximum atomic E-state index is 12.8. The normalized spacial score (nSPS) is 23.6. The number of aromatic nitrogens is 3. The topological polar surface area (TPSA) is 105 Å². The van der Waals surface area contributed by atoms with Crippen LogP contribution in [0.4, 0.5) is 17.3 Å². The van der Waals surface area contributed by atoms with E-state index in [0.717, 1.165) is 91.4 Å². The Morgan fingerprint density at radius 2 is 1.50 bits per heavy atom. The average Bonchev–Trinajstić information content (AvgIpc) is 3.15. The summed E-state index contributed by atoms with van der Waals surface area (Å²) in [5.74, 6) is 4.27. The number of rotatable bonds is 19. The lowest BCUT2D eigenvalue weighted by molar-refractivity contribution is -0.129. The lowest BCUT2D eigenvalue weighted by Crippen LogP contribution is -2.48. The molecule has 4 bridgehead atoms. The van der Waals surface area contributed by atoms with E-state index in [9.17, 15) is 9.59 Å². The number of anilines is 3. The Bertz CT molecular complexity index is 1750. The van der Waals surface area contributed by atoms with Gasteiger partial charge < -0.3 is 20.3 Å². The molecule has 8 rings (SSSR count). The van der Waals surface area contributed by atoms with Crippen LogP contribution in [0.3, 0.4) is 0 Å². The van der Waals surface area contributed by atoms with Gasteiger partial charge in [-0.2, -0.15) is 4.98 Å². The van der Waals surface area contributed by atoms with E-state index in [0.29, 0.717) is 22.9 Å². The molecule has 2 aromatic heterocycles. The summed E-state index contributed by atoms with van der Waals surface area (Å²) in [6.45, 7) is 8.14. The zero-order valence-corrected chi connectivity index (χ0v) is 33.3. The van der Waals surface area contributed by atoms with E-state index in [1.807, 2.05) is 13.0 Å². The number of methoxy groups -OCH3 is 1. The van der Waals surface area contributed by atoms with Crippen LogP contribution in [0, 0.1) is 30.1 Å². The molecule has 1 amide bonds. The van der Waals surface area contributed by atoms with Gasteiger partial charge in [-0.15, -0.1) is 0 Å². The van der Waals surface area contributed by atoms with E-state index in [1.54, 1.807) is 31.0 Å². The molecule has 294 valence electrons. The third-order valence-corrected chi connectivity index (χ3v) is 13.3. The molecule has 10 heteroatoms. The zero-order valence-electron chi connectivity index (χ0n) is 33.3. The van der Waals surface area contributed by atoms with E-state index in [4.69, 9.17) is 4.74 Å². The molecule has 0 radical (unpaired) electrons. The maximum absolute atomic E-state index is 12.8. The molecule has 5 aliphatic rings. The highest BCUT2D eigenvalue weighted by atomic mass is 16.5. The highest BCUT2D eigenvalue weighted by molar-refractivity contribution is 5.80. The van der Waals surface area contributed by atoms with Crippen molar-refractivity contribution >= 4 is 34.3 Å². The fourth-order valence-corrected chi connectivity index (χ4v) is 10.8. The number of fused-ring (bicyclic) bond motifs is 1. The van der Waals surface area contributed by atoms with E-state index in [1.165, 1.54) is 103 Å². The first-order chi connectivity index (χ1) is 26.3. The largest absolute Gasteiger partial charge is 0.494 e. The maximum Gasteiger partial charge on any atom is 0.252 e. The van der Waals surface area contributed by atoms with Crippen LogP contribution in [0.1, 0.15) is 115 Å². The number of nitrogens with zero attached hydrogens (tertiary/aromatic N) is 5. The smallest absolute Gasteiger partial charge is 0.252 e. The molecule has 1 saturated heterocycles. The van der Waals surface area contributed by atoms with E-state index >= 15 is 0 Å². The summed E-state index contributed by atoms with van der Waals surface area (Å²) < 4.78 is 7.31. The second-order valence-electron chi connectivity index (χ2n) is 17.5. The van der Waals surface area contributed by atoms with Gasteiger partial charge in [0.2, 0.25) is 11.9 Å². The molecule has 0 spiro atoms. The summed E-state index contributed by atoms with van der Waals surface area (Å²) in [5.41, 5.74) is 3.69. The highest BCUT2D eigenvalue weighted by Gasteiger charge is 2.51. The number of piperazine rings is 1. The van der Waals surface area contributed by atoms with Crippen molar-refractivity contribution in [3.05, 3.63) is 46.4 Å². The summed E-state index contributed by atoms with van der Waals surface area (Å²) in [6, 6.07) is 7.85. The summed E-state index contributed by atoms with van der Waals surface area (Å²) in [5, 5.41) is 7.43. The van der Waals surface area contributed by atoms with Crippen molar-refractivity contribution in [2.24, 2.45) is 30.2 Å². The Labute approximate surface area is 322 Å². The van der Waals surface area contributed by atoms with Gasteiger partial charge in [0.1, 0.15) is 11.4 Å². The van der Waals surface area contributed by atoms with Gasteiger partial charge in [-0.3, -0.25) is 19.1 Å². The molecule has 5 fully saturated rings.